The van der Waals surface area contributed by atoms with Gasteiger partial charge in [0.05, 0.1) is 0 Å². The molecule has 0 saturated carbocycles. The van der Waals surface area contributed by atoms with E-state index in [4.69, 9.17) is 16.0 Å². The van der Waals surface area contributed by atoms with Crippen LogP contribution in [0, 0.1) is 0 Å². The highest BCUT2D eigenvalue weighted by Gasteiger charge is 2.11. The van der Waals surface area contributed by atoms with Gasteiger partial charge in [0.15, 0.2) is 11.5 Å². The molecule has 90 valence electrons. The van der Waals surface area contributed by atoms with E-state index in [1.165, 1.54) is 0 Å². The number of rotatable bonds is 5. The second-order valence-electron chi connectivity index (χ2n) is 4.17. The van der Waals surface area contributed by atoms with Crippen LogP contribution in [0.2, 0.25) is 5.02 Å². The number of furan rings is 1. The lowest BCUT2D eigenvalue weighted by atomic mass is 10.1. The summed E-state index contributed by atoms with van der Waals surface area (Å²) < 4.78 is 5.51. The number of benzene rings is 1. The molecule has 0 aliphatic rings. The molecule has 0 spiro atoms. The molecule has 2 rings (SSSR count). The van der Waals surface area contributed by atoms with Gasteiger partial charge < -0.3 is 4.42 Å². The van der Waals surface area contributed by atoms with Crippen LogP contribution >= 0.6 is 11.6 Å². The van der Waals surface area contributed by atoms with E-state index in [1.807, 2.05) is 6.07 Å². The van der Waals surface area contributed by atoms with E-state index < -0.39 is 0 Å². The van der Waals surface area contributed by atoms with Crippen molar-refractivity contribution in [1.29, 1.82) is 0 Å². The summed E-state index contributed by atoms with van der Waals surface area (Å²) >= 11 is 5.88. The van der Waals surface area contributed by atoms with Crippen LogP contribution < -0.4 is 0 Å². The van der Waals surface area contributed by atoms with E-state index >= 15 is 0 Å². The van der Waals surface area contributed by atoms with Crippen LogP contribution in [0.3, 0.4) is 0 Å². The molecule has 1 aromatic carbocycles. The summed E-state index contributed by atoms with van der Waals surface area (Å²) in [5.41, 5.74) is 0.716. The molecule has 0 saturated heterocycles. The molecule has 0 radical (unpaired) electrons. The molecule has 0 unspecified atom stereocenters. The van der Waals surface area contributed by atoms with Crippen molar-refractivity contribution in [3.63, 3.8) is 0 Å². The molecule has 1 aromatic heterocycles. The summed E-state index contributed by atoms with van der Waals surface area (Å²) in [6.45, 7) is 2.12. The largest absolute Gasteiger partial charge is 0.453 e. The summed E-state index contributed by atoms with van der Waals surface area (Å²) in [5.74, 6) is 0.518. The minimum absolute atomic E-state index is 0.0748. The predicted molar refractivity (Wildman–Crippen MR) is 69.7 cm³/mol. The van der Waals surface area contributed by atoms with Gasteiger partial charge in [-0.3, -0.25) is 4.79 Å². The smallest absolute Gasteiger partial charge is 0.198 e. The first-order valence-electron chi connectivity index (χ1n) is 5.93. The van der Waals surface area contributed by atoms with E-state index in [1.54, 1.807) is 18.2 Å². The van der Waals surface area contributed by atoms with Crippen LogP contribution in [0.1, 0.15) is 43.2 Å². The first kappa shape index (κ1) is 12.2. The number of carbonyl (C=O) groups excluding carboxylic acids is 1. The van der Waals surface area contributed by atoms with Gasteiger partial charge in [-0.05, 0) is 30.7 Å². The number of Topliss-reactive ketones (excluding diaryl/α,β-unsaturated/α-hetero) is 1. The maximum absolute atomic E-state index is 11.8. The van der Waals surface area contributed by atoms with E-state index in [2.05, 4.69) is 6.92 Å². The highest BCUT2D eigenvalue weighted by molar-refractivity contribution is 6.31. The van der Waals surface area contributed by atoms with Gasteiger partial charge in [-0.2, -0.15) is 0 Å². The third-order valence-electron chi connectivity index (χ3n) is 2.76. The van der Waals surface area contributed by atoms with Crippen LogP contribution in [-0.2, 0) is 0 Å². The Morgan fingerprint density at radius 3 is 2.88 bits per heavy atom. The average molecular weight is 251 g/mol. The molecule has 2 aromatic rings. The normalized spacial score (nSPS) is 10.9. The first-order valence-corrected chi connectivity index (χ1v) is 6.31. The molecule has 0 bridgehead atoms. The molecule has 3 heteroatoms. The monoisotopic (exact) mass is 250 g/mol. The SMILES string of the molecule is CCCCCC(=O)c1cc2cc(Cl)ccc2o1. The highest BCUT2D eigenvalue weighted by atomic mass is 35.5. The van der Waals surface area contributed by atoms with Crippen molar-refractivity contribution in [2.75, 3.05) is 0 Å². The van der Waals surface area contributed by atoms with Gasteiger partial charge in [0.1, 0.15) is 5.58 Å². The fourth-order valence-electron chi connectivity index (χ4n) is 1.81. The van der Waals surface area contributed by atoms with Crippen LogP contribution in [0.4, 0.5) is 0 Å². The number of hydrogen-bond donors (Lipinski definition) is 0. The van der Waals surface area contributed by atoms with Gasteiger partial charge in [-0.1, -0.05) is 31.4 Å². The zero-order valence-electron chi connectivity index (χ0n) is 9.83. The van der Waals surface area contributed by atoms with Crippen LogP contribution in [-0.4, -0.2) is 5.78 Å². The van der Waals surface area contributed by atoms with Crippen molar-refractivity contribution in [2.24, 2.45) is 0 Å². The van der Waals surface area contributed by atoms with Gasteiger partial charge in [0.25, 0.3) is 0 Å². The third-order valence-corrected chi connectivity index (χ3v) is 3.00. The van der Waals surface area contributed by atoms with Gasteiger partial charge in [-0.25, -0.2) is 0 Å². The number of ketones is 1. The van der Waals surface area contributed by atoms with E-state index in [-0.39, 0.29) is 5.78 Å². The van der Waals surface area contributed by atoms with E-state index in [9.17, 15) is 4.79 Å². The van der Waals surface area contributed by atoms with Gasteiger partial charge >= 0.3 is 0 Å². The molecule has 0 aliphatic heterocycles. The Balaban J connectivity index is 2.15. The van der Waals surface area contributed by atoms with Crippen molar-refractivity contribution in [3.05, 3.63) is 35.0 Å². The quantitative estimate of drug-likeness (QED) is 0.561. The minimum atomic E-state index is 0.0748. The fraction of sp³-hybridized carbons (Fsp3) is 0.357. The Morgan fingerprint density at radius 2 is 2.12 bits per heavy atom. The first-order chi connectivity index (χ1) is 8.20. The highest BCUT2D eigenvalue weighted by Crippen LogP contribution is 2.24. The number of unbranched alkanes of at least 4 members (excludes halogenated alkanes) is 2. The second kappa shape index (κ2) is 5.37. The fourth-order valence-corrected chi connectivity index (χ4v) is 1.99. The van der Waals surface area contributed by atoms with Crippen molar-refractivity contribution in [2.45, 2.75) is 32.6 Å². The molecule has 1 heterocycles. The molecule has 0 amide bonds. The predicted octanol–water partition coefficient (Wildman–Crippen LogP) is 4.85. The Labute approximate surface area is 106 Å². The topological polar surface area (TPSA) is 30.2 Å². The van der Waals surface area contributed by atoms with Crippen molar-refractivity contribution >= 4 is 28.4 Å². The van der Waals surface area contributed by atoms with E-state index in [0.717, 1.165) is 24.6 Å². The van der Waals surface area contributed by atoms with Crippen molar-refractivity contribution in [3.8, 4) is 0 Å². The number of hydrogen-bond acceptors (Lipinski definition) is 2. The maximum Gasteiger partial charge on any atom is 0.198 e. The molecule has 0 N–H and O–H groups in total. The Hall–Kier alpha value is -1.28. The lowest BCUT2D eigenvalue weighted by Crippen LogP contribution is -1.96. The van der Waals surface area contributed by atoms with Crippen molar-refractivity contribution < 1.29 is 9.21 Å². The zero-order valence-corrected chi connectivity index (χ0v) is 10.6. The summed E-state index contributed by atoms with van der Waals surface area (Å²) in [4.78, 5) is 11.8. The summed E-state index contributed by atoms with van der Waals surface area (Å²) in [6, 6.07) is 7.14. The molecule has 2 nitrogen and oxygen atoms in total. The maximum atomic E-state index is 11.8. The molecule has 0 aliphatic carbocycles. The Morgan fingerprint density at radius 1 is 1.29 bits per heavy atom. The van der Waals surface area contributed by atoms with Crippen LogP contribution in [0.5, 0.6) is 0 Å². The van der Waals surface area contributed by atoms with Gasteiger partial charge in [-0.15, -0.1) is 0 Å². The van der Waals surface area contributed by atoms with E-state index in [0.29, 0.717) is 22.8 Å². The standard InChI is InChI=1S/C14H15ClO2/c1-2-3-4-5-12(16)14-9-10-8-11(15)6-7-13(10)17-14/h6-9H,2-5H2,1H3. The molecular formula is C14H15ClO2. The summed E-state index contributed by atoms with van der Waals surface area (Å²) in [7, 11) is 0. The molecule has 17 heavy (non-hydrogen) atoms. The van der Waals surface area contributed by atoms with Crippen molar-refractivity contribution in [1.82, 2.24) is 0 Å². The van der Waals surface area contributed by atoms with Gasteiger partial charge in [0.2, 0.25) is 0 Å². The van der Waals surface area contributed by atoms with Crippen LogP contribution in [0.15, 0.2) is 28.7 Å². The second-order valence-corrected chi connectivity index (χ2v) is 4.61. The molecular weight excluding hydrogens is 236 g/mol. The number of carbonyl (C=O) groups is 1. The zero-order chi connectivity index (χ0) is 12.3. The lowest BCUT2D eigenvalue weighted by molar-refractivity contribution is 0.0954. The number of fused-ring (bicyclic) bond motifs is 1. The van der Waals surface area contributed by atoms with Gasteiger partial charge in [0, 0.05) is 16.8 Å². The van der Waals surface area contributed by atoms with Crippen LogP contribution in [0.25, 0.3) is 11.0 Å². The number of halogens is 1. The third kappa shape index (κ3) is 2.89. The summed E-state index contributed by atoms with van der Waals surface area (Å²) in [6.07, 6.45) is 3.68. The molecule has 0 fully saturated rings. The molecule has 0 atom stereocenters. The Bertz CT molecular complexity index is 528. The minimum Gasteiger partial charge on any atom is -0.453 e. The summed E-state index contributed by atoms with van der Waals surface area (Å²) in [5, 5.41) is 1.54. The average Bonchev–Trinajstić information content (AvgIpc) is 2.72. The lowest BCUT2D eigenvalue weighted by Gasteiger charge is -1.95. The Kier molecular flexibility index (Phi) is 3.85.